The smallest absolute Gasteiger partial charge is 0.420 e. The molecule has 10 heteroatoms. The summed E-state index contributed by atoms with van der Waals surface area (Å²) in [6.45, 7) is 5.31. The van der Waals surface area contributed by atoms with Crippen LogP contribution >= 0.6 is 0 Å². The molecular formula is C23H25F3N4O3. The van der Waals surface area contributed by atoms with Crippen LogP contribution in [0.2, 0.25) is 0 Å². The molecule has 0 aliphatic carbocycles. The topological polar surface area (TPSA) is 89.3 Å². The molecule has 0 aliphatic rings. The molecule has 0 saturated carbocycles. The van der Waals surface area contributed by atoms with Crippen molar-refractivity contribution < 1.29 is 27.8 Å². The van der Waals surface area contributed by atoms with E-state index in [1.54, 1.807) is 19.1 Å². The third-order valence-corrected chi connectivity index (χ3v) is 5.02. The number of nitrogens with zero attached hydrogens (tertiary/aromatic N) is 3. The molecule has 0 radical (unpaired) electrons. The maximum absolute atomic E-state index is 13.4. The van der Waals surface area contributed by atoms with Crippen LogP contribution in [-0.2, 0) is 12.7 Å². The normalized spacial score (nSPS) is 12.5. The Morgan fingerprint density at radius 3 is 2.52 bits per heavy atom. The highest BCUT2D eigenvalue weighted by Gasteiger charge is 2.36. The minimum atomic E-state index is -4.66. The SMILES string of the molecule is CCCn1nc(C(=O)NC(CO)c2ccc(C)cc2)c(C)c1Oc1ncccc1C(F)(F)F. The summed E-state index contributed by atoms with van der Waals surface area (Å²) in [5.41, 5.74) is 0.973. The summed E-state index contributed by atoms with van der Waals surface area (Å²) in [4.78, 5) is 16.7. The molecular weight excluding hydrogens is 437 g/mol. The Morgan fingerprint density at radius 2 is 1.91 bits per heavy atom. The van der Waals surface area contributed by atoms with Gasteiger partial charge >= 0.3 is 6.18 Å². The van der Waals surface area contributed by atoms with Gasteiger partial charge in [0.15, 0.2) is 5.69 Å². The quantitative estimate of drug-likeness (QED) is 0.512. The van der Waals surface area contributed by atoms with Gasteiger partial charge in [0.25, 0.3) is 5.91 Å². The zero-order chi connectivity index (χ0) is 24.2. The molecule has 176 valence electrons. The number of aliphatic hydroxyl groups is 1. The summed E-state index contributed by atoms with van der Waals surface area (Å²) >= 11 is 0. The van der Waals surface area contributed by atoms with E-state index in [4.69, 9.17) is 4.74 Å². The summed E-state index contributed by atoms with van der Waals surface area (Å²) in [5, 5.41) is 16.8. The molecule has 33 heavy (non-hydrogen) atoms. The van der Waals surface area contributed by atoms with Crippen molar-refractivity contribution in [3.8, 4) is 11.8 Å². The maximum Gasteiger partial charge on any atom is 0.421 e. The first-order valence-corrected chi connectivity index (χ1v) is 10.4. The number of ether oxygens (including phenoxy) is 1. The van der Waals surface area contributed by atoms with E-state index in [0.717, 1.165) is 11.6 Å². The van der Waals surface area contributed by atoms with Crippen LogP contribution in [0.5, 0.6) is 11.8 Å². The molecule has 1 unspecified atom stereocenters. The van der Waals surface area contributed by atoms with E-state index in [-0.39, 0.29) is 23.7 Å². The summed E-state index contributed by atoms with van der Waals surface area (Å²) < 4.78 is 47.0. The maximum atomic E-state index is 13.4. The van der Waals surface area contributed by atoms with Gasteiger partial charge in [-0.3, -0.25) is 4.79 Å². The highest BCUT2D eigenvalue weighted by Crippen LogP contribution is 2.37. The number of hydrogen-bond acceptors (Lipinski definition) is 5. The molecule has 0 aliphatic heterocycles. The molecule has 7 nitrogen and oxygen atoms in total. The molecule has 3 aromatic rings. The molecule has 1 aromatic carbocycles. The van der Waals surface area contributed by atoms with Gasteiger partial charge in [-0.1, -0.05) is 36.8 Å². The minimum Gasteiger partial charge on any atom is -0.420 e. The Morgan fingerprint density at radius 1 is 1.21 bits per heavy atom. The molecule has 0 saturated heterocycles. The molecule has 0 spiro atoms. The summed E-state index contributed by atoms with van der Waals surface area (Å²) in [5.74, 6) is -1.20. The first kappa shape index (κ1) is 24.2. The standard InChI is InChI=1S/C23H25F3N4O3/c1-4-12-30-22(33-21-17(23(24,25)26)6-5-11-27-21)15(3)19(29-30)20(32)28-18(13-31)16-9-7-14(2)8-10-16/h5-11,18,31H,4,12-13H2,1-3H3,(H,28,32). The first-order chi connectivity index (χ1) is 15.7. The molecule has 0 fully saturated rings. The average molecular weight is 462 g/mol. The summed E-state index contributed by atoms with van der Waals surface area (Å²) in [6.07, 6.45) is -2.85. The number of carbonyl (C=O) groups excluding carboxylic acids is 1. The van der Waals surface area contributed by atoms with Gasteiger partial charge < -0.3 is 15.2 Å². The van der Waals surface area contributed by atoms with Gasteiger partial charge in [-0.05, 0) is 38.0 Å². The van der Waals surface area contributed by atoms with Crippen molar-refractivity contribution in [3.63, 3.8) is 0 Å². The van der Waals surface area contributed by atoms with E-state index in [1.165, 1.54) is 16.9 Å². The number of nitrogens with one attached hydrogen (secondary N) is 1. The predicted octanol–water partition coefficient (Wildman–Crippen LogP) is 4.58. The van der Waals surface area contributed by atoms with Crippen LogP contribution in [0.25, 0.3) is 0 Å². The Balaban J connectivity index is 1.93. The molecule has 3 rings (SSSR count). The van der Waals surface area contributed by atoms with Crippen molar-refractivity contribution in [3.05, 3.63) is 70.5 Å². The minimum absolute atomic E-state index is 0.00193. The van der Waals surface area contributed by atoms with Crippen molar-refractivity contribution in [2.24, 2.45) is 0 Å². The number of rotatable bonds is 8. The van der Waals surface area contributed by atoms with Crippen molar-refractivity contribution in [1.29, 1.82) is 0 Å². The van der Waals surface area contributed by atoms with Crippen molar-refractivity contribution in [1.82, 2.24) is 20.1 Å². The first-order valence-electron chi connectivity index (χ1n) is 10.4. The van der Waals surface area contributed by atoms with Gasteiger partial charge in [0, 0.05) is 18.3 Å². The number of hydrogen-bond donors (Lipinski definition) is 2. The van der Waals surface area contributed by atoms with Gasteiger partial charge in [-0.25, -0.2) is 9.67 Å². The molecule has 0 bridgehead atoms. The van der Waals surface area contributed by atoms with Crippen LogP contribution in [-0.4, -0.2) is 32.4 Å². The number of aliphatic hydroxyl groups excluding tert-OH is 1. The van der Waals surface area contributed by atoms with Crippen LogP contribution in [0, 0.1) is 13.8 Å². The van der Waals surface area contributed by atoms with Gasteiger partial charge in [-0.2, -0.15) is 18.3 Å². The Hall–Kier alpha value is -3.40. The van der Waals surface area contributed by atoms with Crippen molar-refractivity contribution in [2.45, 2.75) is 46.0 Å². The Labute approximate surface area is 189 Å². The van der Waals surface area contributed by atoms with Crippen LogP contribution in [0.3, 0.4) is 0 Å². The number of aryl methyl sites for hydroxylation is 2. The van der Waals surface area contributed by atoms with E-state index < -0.39 is 29.6 Å². The van der Waals surface area contributed by atoms with Crippen LogP contribution in [0.4, 0.5) is 13.2 Å². The fraction of sp³-hybridized carbons (Fsp3) is 0.348. The van der Waals surface area contributed by atoms with E-state index >= 15 is 0 Å². The zero-order valence-corrected chi connectivity index (χ0v) is 18.5. The number of alkyl halides is 3. The lowest BCUT2D eigenvalue weighted by Gasteiger charge is -2.16. The monoisotopic (exact) mass is 462 g/mol. The lowest BCUT2D eigenvalue weighted by molar-refractivity contribution is -0.138. The van der Waals surface area contributed by atoms with Crippen molar-refractivity contribution in [2.75, 3.05) is 6.61 Å². The summed E-state index contributed by atoms with van der Waals surface area (Å²) in [6, 6.07) is 8.70. The molecule has 2 aromatic heterocycles. The number of amides is 1. The van der Waals surface area contributed by atoms with E-state index in [1.807, 2.05) is 26.0 Å². The molecule has 1 amide bonds. The third-order valence-electron chi connectivity index (χ3n) is 5.02. The van der Waals surface area contributed by atoms with Crippen LogP contribution in [0.15, 0.2) is 42.6 Å². The Bertz CT molecular complexity index is 1110. The van der Waals surface area contributed by atoms with Crippen molar-refractivity contribution >= 4 is 5.91 Å². The Kier molecular flexibility index (Phi) is 7.37. The lowest BCUT2D eigenvalue weighted by Crippen LogP contribution is -2.31. The fourth-order valence-electron chi connectivity index (χ4n) is 3.28. The van der Waals surface area contributed by atoms with Gasteiger partial charge in [0.1, 0.15) is 5.56 Å². The second kappa shape index (κ2) is 10.0. The highest BCUT2D eigenvalue weighted by atomic mass is 19.4. The van der Waals surface area contributed by atoms with Crippen LogP contribution in [0.1, 0.15) is 52.1 Å². The second-order valence-electron chi connectivity index (χ2n) is 7.58. The fourth-order valence-corrected chi connectivity index (χ4v) is 3.28. The lowest BCUT2D eigenvalue weighted by atomic mass is 10.1. The van der Waals surface area contributed by atoms with Gasteiger partial charge in [0.05, 0.1) is 12.6 Å². The zero-order valence-electron chi connectivity index (χ0n) is 18.5. The number of halogens is 3. The molecule has 1 atom stereocenters. The molecule has 2 heterocycles. The second-order valence-corrected chi connectivity index (χ2v) is 7.58. The van der Waals surface area contributed by atoms with E-state index in [9.17, 15) is 23.1 Å². The number of benzene rings is 1. The highest BCUT2D eigenvalue weighted by molar-refractivity contribution is 5.94. The predicted molar refractivity (Wildman–Crippen MR) is 115 cm³/mol. The largest absolute Gasteiger partial charge is 0.421 e. The van der Waals surface area contributed by atoms with E-state index in [0.29, 0.717) is 18.5 Å². The number of carbonyl (C=O) groups is 1. The van der Waals surface area contributed by atoms with Gasteiger partial charge in [0.2, 0.25) is 11.8 Å². The van der Waals surface area contributed by atoms with Crippen LogP contribution < -0.4 is 10.1 Å². The van der Waals surface area contributed by atoms with E-state index in [2.05, 4.69) is 15.4 Å². The number of pyridine rings is 1. The summed E-state index contributed by atoms with van der Waals surface area (Å²) in [7, 11) is 0. The molecule has 2 N–H and O–H groups in total. The number of aromatic nitrogens is 3. The third kappa shape index (κ3) is 5.51. The van der Waals surface area contributed by atoms with Gasteiger partial charge in [-0.15, -0.1) is 0 Å². The average Bonchev–Trinajstić information content (AvgIpc) is 3.08.